The van der Waals surface area contributed by atoms with Crippen LogP contribution in [0, 0.1) is 0 Å². The highest BCUT2D eigenvalue weighted by atomic mass is 32.1. The van der Waals surface area contributed by atoms with Gasteiger partial charge in [-0.1, -0.05) is 115 Å². The molecule has 0 unspecified atom stereocenters. The zero-order valence-electron chi connectivity index (χ0n) is 25.6. The summed E-state index contributed by atoms with van der Waals surface area (Å²) in [5.74, 6) is 1.88. The average molecular weight is 632 g/mol. The van der Waals surface area contributed by atoms with E-state index >= 15 is 0 Å². The summed E-state index contributed by atoms with van der Waals surface area (Å²) in [6.07, 6.45) is 0. The number of thiophene rings is 1. The summed E-state index contributed by atoms with van der Waals surface area (Å²) < 4.78 is 9.29. The predicted molar refractivity (Wildman–Crippen MR) is 199 cm³/mol. The fourth-order valence-electron chi connectivity index (χ4n) is 6.84. The molecule has 0 radical (unpaired) electrons. The topological polar surface area (TPSA) is 51.8 Å². The van der Waals surface area contributed by atoms with Crippen molar-refractivity contribution in [1.29, 1.82) is 0 Å². The van der Waals surface area contributed by atoms with Crippen LogP contribution in [0.2, 0.25) is 0 Å². The van der Waals surface area contributed by atoms with Crippen LogP contribution in [0.15, 0.2) is 156 Å². The number of hydrogen-bond acceptors (Lipinski definition) is 5. The molecule has 0 saturated carbocycles. The zero-order valence-corrected chi connectivity index (χ0v) is 26.4. The second kappa shape index (κ2) is 10.7. The molecule has 0 amide bonds. The highest BCUT2D eigenvalue weighted by Gasteiger charge is 2.21. The van der Waals surface area contributed by atoms with E-state index in [0.717, 1.165) is 60.5 Å². The summed E-state index contributed by atoms with van der Waals surface area (Å²) >= 11 is 1.84. The van der Waals surface area contributed by atoms with Crippen molar-refractivity contribution in [3.63, 3.8) is 0 Å². The molecule has 5 heteroatoms. The lowest BCUT2D eigenvalue weighted by Crippen LogP contribution is -2.00. The van der Waals surface area contributed by atoms with Gasteiger partial charge in [0, 0.05) is 47.6 Å². The van der Waals surface area contributed by atoms with Gasteiger partial charge in [0.2, 0.25) is 0 Å². The minimum atomic E-state index is 0.617. The van der Waals surface area contributed by atoms with Crippen LogP contribution in [0.1, 0.15) is 0 Å². The van der Waals surface area contributed by atoms with Crippen LogP contribution in [0.25, 0.3) is 98.2 Å². The molecule has 0 aliphatic heterocycles. The Morgan fingerprint density at radius 3 is 1.77 bits per heavy atom. The number of nitrogens with zero attached hydrogens (tertiary/aromatic N) is 3. The summed E-state index contributed by atoms with van der Waals surface area (Å²) in [5, 5.41) is 6.73. The fraction of sp³-hybridized carbons (Fsp3) is 0. The first-order chi connectivity index (χ1) is 23.8. The van der Waals surface area contributed by atoms with E-state index in [9.17, 15) is 0 Å². The number of fused-ring (bicyclic) bond motifs is 7. The Morgan fingerprint density at radius 2 is 1.00 bits per heavy atom. The van der Waals surface area contributed by atoms with Crippen molar-refractivity contribution in [3.8, 4) is 45.3 Å². The largest absolute Gasteiger partial charge is 0.456 e. The molecular formula is C43H25N3OS. The highest BCUT2D eigenvalue weighted by molar-refractivity contribution is 7.25. The van der Waals surface area contributed by atoms with Gasteiger partial charge in [-0.2, -0.15) is 0 Å². The molecule has 0 saturated heterocycles. The molecule has 224 valence electrons. The van der Waals surface area contributed by atoms with Crippen LogP contribution in [0.5, 0.6) is 0 Å². The first kappa shape index (κ1) is 27.0. The van der Waals surface area contributed by atoms with Crippen molar-refractivity contribution < 1.29 is 4.42 Å². The third kappa shape index (κ3) is 4.33. The molecule has 7 aromatic carbocycles. The molecule has 0 aliphatic rings. The Labute approximate surface area is 279 Å². The molecule has 10 aromatic rings. The Bertz CT molecular complexity index is 2780. The molecule has 48 heavy (non-hydrogen) atoms. The Kier molecular flexibility index (Phi) is 6.01. The number of benzene rings is 7. The number of hydrogen-bond donors (Lipinski definition) is 0. The van der Waals surface area contributed by atoms with E-state index in [2.05, 4.69) is 91.0 Å². The van der Waals surface area contributed by atoms with E-state index < -0.39 is 0 Å². The van der Waals surface area contributed by atoms with Crippen molar-refractivity contribution in [2.24, 2.45) is 0 Å². The second-order valence-electron chi connectivity index (χ2n) is 12.0. The van der Waals surface area contributed by atoms with E-state index in [1.807, 2.05) is 72.0 Å². The molecule has 0 aliphatic carbocycles. The fourth-order valence-corrected chi connectivity index (χ4v) is 7.93. The standard InChI is InChI=1S/C43H25N3OS/c1-3-11-26(12-4-1)41-44-42(27-13-5-2-6-14-27)46-43(45-41)40-31-16-8-7-15-30(31)25-36-39(40)33-21-19-29(24-35(33)47-36)28-20-22-38-34(23-28)32-17-9-10-18-37(32)48-38/h1-25H. The minimum absolute atomic E-state index is 0.617. The summed E-state index contributed by atoms with van der Waals surface area (Å²) in [7, 11) is 0. The summed E-state index contributed by atoms with van der Waals surface area (Å²) in [6.45, 7) is 0. The summed E-state index contributed by atoms with van der Waals surface area (Å²) in [4.78, 5) is 15.2. The lowest BCUT2D eigenvalue weighted by molar-refractivity contribution is 0.669. The van der Waals surface area contributed by atoms with Crippen LogP contribution in [0.4, 0.5) is 0 Å². The predicted octanol–water partition coefficient (Wildman–Crippen LogP) is 12.0. The lowest BCUT2D eigenvalue weighted by Gasteiger charge is -2.11. The SMILES string of the molecule is c1ccc(-c2nc(-c3ccccc3)nc(-c3c4ccccc4cc4oc5cc(-c6ccc7sc8ccccc8c7c6)ccc5c34)n2)cc1. The van der Waals surface area contributed by atoms with Crippen LogP contribution >= 0.6 is 11.3 Å². The maximum absolute atomic E-state index is 6.69. The quantitative estimate of drug-likeness (QED) is 0.194. The van der Waals surface area contributed by atoms with Gasteiger partial charge in [-0.05, 0) is 58.3 Å². The smallest absolute Gasteiger partial charge is 0.165 e. The van der Waals surface area contributed by atoms with Crippen LogP contribution < -0.4 is 0 Å². The number of aromatic nitrogens is 3. The molecule has 3 heterocycles. The van der Waals surface area contributed by atoms with Gasteiger partial charge in [-0.15, -0.1) is 11.3 Å². The molecule has 10 rings (SSSR count). The Hall–Kier alpha value is -6.17. The van der Waals surface area contributed by atoms with E-state index in [1.54, 1.807) is 0 Å². The maximum Gasteiger partial charge on any atom is 0.165 e. The van der Waals surface area contributed by atoms with Crippen LogP contribution in [0.3, 0.4) is 0 Å². The lowest BCUT2D eigenvalue weighted by atomic mass is 9.96. The minimum Gasteiger partial charge on any atom is -0.456 e. The van der Waals surface area contributed by atoms with E-state index in [1.165, 1.54) is 20.2 Å². The molecule has 0 atom stereocenters. The van der Waals surface area contributed by atoms with Crippen molar-refractivity contribution in [1.82, 2.24) is 15.0 Å². The van der Waals surface area contributed by atoms with Gasteiger partial charge in [0.05, 0.1) is 0 Å². The second-order valence-corrected chi connectivity index (χ2v) is 13.1. The molecule has 0 bridgehead atoms. The molecule has 0 N–H and O–H groups in total. The maximum atomic E-state index is 6.69. The highest BCUT2D eigenvalue weighted by Crippen LogP contribution is 2.43. The molecule has 3 aromatic heterocycles. The van der Waals surface area contributed by atoms with E-state index in [-0.39, 0.29) is 0 Å². The van der Waals surface area contributed by atoms with Gasteiger partial charge in [0.25, 0.3) is 0 Å². The average Bonchev–Trinajstić information content (AvgIpc) is 3.71. The Morgan fingerprint density at radius 1 is 0.396 bits per heavy atom. The van der Waals surface area contributed by atoms with Crippen molar-refractivity contribution in [2.75, 3.05) is 0 Å². The van der Waals surface area contributed by atoms with Crippen molar-refractivity contribution >= 4 is 64.2 Å². The molecule has 4 nitrogen and oxygen atoms in total. The van der Waals surface area contributed by atoms with Crippen molar-refractivity contribution in [3.05, 3.63) is 152 Å². The van der Waals surface area contributed by atoms with Gasteiger partial charge in [0.15, 0.2) is 17.5 Å². The normalized spacial score (nSPS) is 11.8. The van der Waals surface area contributed by atoms with Gasteiger partial charge < -0.3 is 4.42 Å². The Balaban J connectivity index is 1.22. The number of rotatable bonds is 4. The van der Waals surface area contributed by atoms with Crippen LogP contribution in [-0.4, -0.2) is 15.0 Å². The monoisotopic (exact) mass is 631 g/mol. The number of furan rings is 1. The molecule has 0 fully saturated rings. The first-order valence-electron chi connectivity index (χ1n) is 15.9. The van der Waals surface area contributed by atoms with E-state index in [4.69, 9.17) is 19.4 Å². The van der Waals surface area contributed by atoms with E-state index in [0.29, 0.717) is 17.5 Å². The van der Waals surface area contributed by atoms with Crippen molar-refractivity contribution in [2.45, 2.75) is 0 Å². The third-order valence-corrected chi connectivity index (χ3v) is 10.3. The van der Waals surface area contributed by atoms with Gasteiger partial charge in [-0.3, -0.25) is 0 Å². The summed E-state index contributed by atoms with van der Waals surface area (Å²) in [6, 6.07) is 52.6. The first-order valence-corrected chi connectivity index (χ1v) is 16.8. The van der Waals surface area contributed by atoms with Gasteiger partial charge >= 0.3 is 0 Å². The van der Waals surface area contributed by atoms with Gasteiger partial charge in [-0.25, -0.2) is 15.0 Å². The van der Waals surface area contributed by atoms with Crippen LogP contribution in [-0.2, 0) is 0 Å². The zero-order chi connectivity index (χ0) is 31.6. The molecule has 0 spiro atoms. The van der Waals surface area contributed by atoms with Gasteiger partial charge in [0.1, 0.15) is 11.2 Å². The summed E-state index contributed by atoms with van der Waals surface area (Å²) in [5.41, 5.74) is 6.73. The third-order valence-electron chi connectivity index (χ3n) is 9.12. The molecular weight excluding hydrogens is 607 g/mol.